The summed E-state index contributed by atoms with van der Waals surface area (Å²) in [4.78, 5) is 2.53. The van der Waals surface area contributed by atoms with Gasteiger partial charge in [-0.05, 0) is 44.7 Å². The molecule has 14 heavy (non-hydrogen) atoms. The van der Waals surface area contributed by atoms with Crippen LogP contribution >= 0.6 is 23.2 Å². The molecule has 0 aliphatic carbocycles. The van der Waals surface area contributed by atoms with Crippen molar-refractivity contribution in [2.75, 3.05) is 19.0 Å². The molecular formula is C11H19Cl2N. The van der Waals surface area contributed by atoms with Crippen molar-refractivity contribution < 1.29 is 0 Å². The van der Waals surface area contributed by atoms with Gasteiger partial charge in [-0.1, -0.05) is 11.6 Å². The molecule has 1 fully saturated rings. The lowest BCUT2D eigenvalue weighted by Gasteiger charge is -2.24. The zero-order chi connectivity index (χ0) is 10.4. The van der Waals surface area contributed by atoms with Crippen LogP contribution in [-0.4, -0.2) is 29.9 Å². The smallest absolute Gasteiger partial charge is 0.0224 e. The Bertz CT molecular complexity index is 192. The maximum absolute atomic E-state index is 5.71. The highest BCUT2D eigenvalue weighted by Crippen LogP contribution is 2.22. The van der Waals surface area contributed by atoms with Crippen molar-refractivity contribution in [1.82, 2.24) is 4.90 Å². The van der Waals surface area contributed by atoms with Crippen molar-refractivity contribution in [3.05, 3.63) is 11.1 Å². The van der Waals surface area contributed by atoms with E-state index in [-0.39, 0.29) is 0 Å². The summed E-state index contributed by atoms with van der Waals surface area (Å²) in [6.45, 7) is 4.33. The monoisotopic (exact) mass is 235 g/mol. The zero-order valence-electron chi connectivity index (χ0n) is 8.81. The van der Waals surface area contributed by atoms with Gasteiger partial charge in [0.1, 0.15) is 0 Å². The van der Waals surface area contributed by atoms with Crippen LogP contribution in [0.4, 0.5) is 0 Å². The Morgan fingerprint density at radius 1 is 1.57 bits per heavy atom. The number of halogens is 2. The topological polar surface area (TPSA) is 3.24 Å². The van der Waals surface area contributed by atoms with E-state index >= 15 is 0 Å². The molecule has 0 aromatic carbocycles. The summed E-state index contributed by atoms with van der Waals surface area (Å²) in [6, 6.07) is 0.736. The highest BCUT2D eigenvalue weighted by Gasteiger charge is 2.23. The second kappa shape index (κ2) is 6.71. The van der Waals surface area contributed by atoms with Crippen LogP contribution in [-0.2, 0) is 0 Å². The van der Waals surface area contributed by atoms with Gasteiger partial charge in [0.15, 0.2) is 0 Å². The first kappa shape index (κ1) is 12.4. The van der Waals surface area contributed by atoms with Crippen LogP contribution in [0.3, 0.4) is 0 Å². The van der Waals surface area contributed by atoms with Gasteiger partial charge in [0, 0.05) is 24.0 Å². The molecule has 0 saturated carbocycles. The lowest BCUT2D eigenvalue weighted by molar-refractivity contribution is 0.262. The van der Waals surface area contributed by atoms with Crippen LogP contribution in [0, 0.1) is 0 Å². The molecule has 0 bridgehead atoms. The first-order valence-corrected chi connectivity index (χ1v) is 6.31. The molecule has 1 saturated heterocycles. The van der Waals surface area contributed by atoms with Gasteiger partial charge in [0.2, 0.25) is 0 Å². The number of likely N-dealkylation sites (tertiary alicyclic amines) is 1. The predicted octanol–water partition coefficient (Wildman–Crippen LogP) is 3.61. The first-order chi connectivity index (χ1) is 6.77. The molecule has 1 atom stereocenters. The molecular weight excluding hydrogens is 217 g/mol. The van der Waals surface area contributed by atoms with E-state index in [4.69, 9.17) is 23.2 Å². The predicted molar refractivity (Wildman–Crippen MR) is 64.2 cm³/mol. The van der Waals surface area contributed by atoms with Crippen molar-refractivity contribution in [2.45, 2.75) is 38.6 Å². The molecule has 1 rings (SSSR count). The van der Waals surface area contributed by atoms with Crippen LogP contribution in [0.2, 0.25) is 0 Å². The van der Waals surface area contributed by atoms with Gasteiger partial charge in [0.05, 0.1) is 0 Å². The Morgan fingerprint density at radius 2 is 2.36 bits per heavy atom. The summed E-state index contributed by atoms with van der Waals surface area (Å²) in [5.74, 6) is 0.786. The van der Waals surface area contributed by atoms with Gasteiger partial charge in [-0.15, -0.1) is 11.6 Å². The lowest BCUT2D eigenvalue weighted by Crippen LogP contribution is -2.30. The molecule has 82 valence electrons. The highest BCUT2D eigenvalue weighted by molar-refractivity contribution is 6.25. The Balaban J connectivity index is 2.35. The quantitative estimate of drug-likeness (QED) is 0.659. The van der Waals surface area contributed by atoms with Crippen molar-refractivity contribution in [1.29, 1.82) is 0 Å². The van der Waals surface area contributed by atoms with Crippen LogP contribution in [0.1, 0.15) is 32.6 Å². The molecule has 0 N–H and O–H groups in total. The Kier molecular flexibility index (Phi) is 5.92. The normalized spacial score (nSPS) is 24.5. The molecule has 1 nitrogen and oxygen atoms in total. The average molecular weight is 236 g/mol. The van der Waals surface area contributed by atoms with Crippen molar-refractivity contribution in [3.63, 3.8) is 0 Å². The summed E-state index contributed by atoms with van der Waals surface area (Å²) in [6.07, 6.45) is 5.01. The van der Waals surface area contributed by atoms with Crippen LogP contribution in [0.5, 0.6) is 0 Å². The molecule has 1 aliphatic rings. The fraction of sp³-hybridized carbons (Fsp3) is 0.818. The van der Waals surface area contributed by atoms with Crippen LogP contribution < -0.4 is 0 Å². The van der Waals surface area contributed by atoms with Gasteiger partial charge in [0.25, 0.3) is 0 Å². The summed E-state index contributed by atoms with van der Waals surface area (Å²) in [5, 5.41) is 0. The molecule has 3 heteroatoms. The van der Waals surface area contributed by atoms with Crippen molar-refractivity contribution >= 4 is 23.2 Å². The third kappa shape index (κ3) is 3.80. The number of rotatable bonds is 5. The lowest BCUT2D eigenvalue weighted by atomic mass is 10.1. The fourth-order valence-corrected chi connectivity index (χ4v) is 2.32. The summed E-state index contributed by atoms with van der Waals surface area (Å²) < 4.78 is 0. The summed E-state index contributed by atoms with van der Waals surface area (Å²) >= 11 is 11.4. The van der Waals surface area contributed by atoms with Crippen LogP contribution in [0.15, 0.2) is 11.1 Å². The van der Waals surface area contributed by atoms with Gasteiger partial charge < -0.3 is 0 Å². The molecule has 1 aliphatic heterocycles. The average Bonchev–Trinajstić information content (AvgIpc) is 2.62. The number of hydrogen-bond acceptors (Lipinski definition) is 1. The molecule has 0 amide bonds. The minimum atomic E-state index is 0.736. The standard InChI is InChI=1S/C11H19Cl2N/c1-10(8-13)9-14-7-3-5-11(14)4-2-6-12/h8,11H,2-7,9H2,1H3. The second-order valence-electron chi connectivity index (χ2n) is 4.05. The van der Waals surface area contributed by atoms with E-state index in [1.54, 1.807) is 5.54 Å². The van der Waals surface area contributed by atoms with E-state index in [2.05, 4.69) is 11.8 Å². The van der Waals surface area contributed by atoms with E-state index in [1.807, 2.05) is 0 Å². The summed E-state index contributed by atoms with van der Waals surface area (Å²) in [5.41, 5.74) is 2.95. The van der Waals surface area contributed by atoms with E-state index in [9.17, 15) is 0 Å². The van der Waals surface area contributed by atoms with Crippen molar-refractivity contribution in [2.24, 2.45) is 0 Å². The second-order valence-corrected chi connectivity index (χ2v) is 4.65. The minimum absolute atomic E-state index is 0.736. The molecule has 0 radical (unpaired) electrons. The Morgan fingerprint density at radius 3 is 3.00 bits per heavy atom. The number of alkyl halides is 1. The van der Waals surface area contributed by atoms with Crippen molar-refractivity contribution in [3.8, 4) is 0 Å². The van der Waals surface area contributed by atoms with E-state index in [0.29, 0.717) is 0 Å². The Labute approximate surface area is 97.1 Å². The summed E-state index contributed by atoms with van der Waals surface area (Å²) in [7, 11) is 0. The third-order valence-corrected chi connectivity index (χ3v) is 3.45. The SMILES string of the molecule is CC(=CCl)CN1CCCC1CCCCl. The maximum Gasteiger partial charge on any atom is 0.0224 e. The van der Waals surface area contributed by atoms with Gasteiger partial charge in [-0.2, -0.15) is 0 Å². The molecule has 0 aromatic rings. The van der Waals surface area contributed by atoms with Gasteiger partial charge in [-0.25, -0.2) is 0 Å². The largest absolute Gasteiger partial charge is 0.296 e. The van der Waals surface area contributed by atoms with E-state index in [1.165, 1.54) is 31.4 Å². The van der Waals surface area contributed by atoms with Crippen LogP contribution in [0.25, 0.3) is 0 Å². The Hall–Kier alpha value is 0.280. The number of hydrogen-bond donors (Lipinski definition) is 0. The van der Waals surface area contributed by atoms with Gasteiger partial charge in [-0.3, -0.25) is 4.90 Å². The van der Waals surface area contributed by atoms with Gasteiger partial charge >= 0.3 is 0 Å². The first-order valence-electron chi connectivity index (χ1n) is 5.33. The molecule has 1 heterocycles. The molecule has 0 spiro atoms. The highest BCUT2D eigenvalue weighted by atomic mass is 35.5. The fourth-order valence-electron chi connectivity index (χ4n) is 2.10. The number of nitrogens with zero attached hydrogens (tertiary/aromatic N) is 1. The van der Waals surface area contributed by atoms with E-state index in [0.717, 1.165) is 24.9 Å². The minimum Gasteiger partial charge on any atom is -0.296 e. The molecule has 1 unspecified atom stereocenters. The zero-order valence-corrected chi connectivity index (χ0v) is 10.3. The van der Waals surface area contributed by atoms with E-state index < -0.39 is 0 Å². The third-order valence-electron chi connectivity index (χ3n) is 2.81. The molecule has 0 aromatic heterocycles. The maximum atomic E-state index is 5.71.